The molecule has 4 aromatic heterocycles. The first kappa shape index (κ1) is 37.4. The fraction of sp³-hybridized carbons (Fsp3) is 0.174. The third-order valence-corrected chi connectivity index (χ3v) is 9.71. The zero-order valence-corrected chi connectivity index (χ0v) is 33.9. The summed E-state index contributed by atoms with van der Waals surface area (Å²) in [6, 6.07) is 35.6. The van der Waals surface area contributed by atoms with E-state index < -0.39 is 0 Å². The fourth-order valence-electron chi connectivity index (χ4n) is 7.15. The second kappa shape index (κ2) is 15.8. The van der Waals surface area contributed by atoms with Gasteiger partial charge in [0.25, 0.3) is 0 Å². The van der Waals surface area contributed by atoms with Crippen molar-refractivity contribution in [3.63, 3.8) is 0 Å². The Bertz CT molecular complexity index is 2670. The summed E-state index contributed by atoms with van der Waals surface area (Å²) >= 11 is 0. The SMILES string of the molecule is CC(C)c1cccc(C(C)C)c1-n1ccnc1-c1[c-]cc2ocnc2c1.Cc1cc(-c2ccccc2)cc(C)c1-n1ccnc1-c1[c-]cc2ocnc2c1.[Ir]. The Labute approximate surface area is 334 Å². The predicted octanol–water partition coefficient (Wildman–Crippen LogP) is 11.5. The molecule has 9 heteroatoms. The molecule has 0 saturated carbocycles. The van der Waals surface area contributed by atoms with Gasteiger partial charge in [-0.15, -0.1) is 47.5 Å². The molecule has 0 bridgehead atoms. The van der Waals surface area contributed by atoms with Crippen LogP contribution in [0.25, 0.3) is 67.5 Å². The summed E-state index contributed by atoms with van der Waals surface area (Å²) in [4.78, 5) is 17.7. The minimum atomic E-state index is 0. The van der Waals surface area contributed by atoms with Crippen LogP contribution < -0.4 is 0 Å². The number of rotatable bonds is 7. The molecule has 0 saturated heterocycles. The van der Waals surface area contributed by atoms with Gasteiger partial charge in [-0.3, -0.25) is 9.97 Å². The standard InChI is InChI=1S/C24H18N3O.C22H22N3O.Ir/c1-16-12-20(18-6-4-3-5-7-18)13-17(2)23(16)27-11-10-25-24(27)19-8-9-22-21(14-19)26-15-28-22;1-14(2)17-6-5-7-18(15(3)4)21(17)25-11-10-23-22(25)16-8-9-20-19(12-16)24-13-26-20;/h3-7,9-15H,1-2H3;5-7,9-15H,1-4H3;/q2*-1;. The number of aromatic nitrogens is 6. The van der Waals surface area contributed by atoms with Gasteiger partial charge in [0, 0.05) is 67.3 Å². The van der Waals surface area contributed by atoms with E-state index in [1.54, 1.807) is 0 Å². The number of aryl methyl sites for hydroxylation is 2. The molecule has 1 radical (unpaired) electrons. The van der Waals surface area contributed by atoms with Gasteiger partial charge >= 0.3 is 0 Å². The van der Waals surface area contributed by atoms with Crippen LogP contribution in [-0.2, 0) is 20.1 Å². The zero-order chi connectivity index (χ0) is 37.3. The molecule has 8 nitrogen and oxygen atoms in total. The summed E-state index contributed by atoms with van der Waals surface area (Å²) in [6.07, 6.45) is 10.6. The molecule has 0 aliphatic heterocycles. The number of hydrogen-bond donors (Lipinski definition) is 0. The van der Waals surface area contributed by atoms with E-state index in [9.17, 15) is 0 Å². The molecule has 0 amide bonds. The second-order valence-corrected chi connectivity index (χ2v) is 14.1. The predicted molar refractivity (Wildman–Crippen MR) is 214 cm³/mol. The van der Waals surface area contributed by atoms with Crippen molar-refractivity contribution in [1.82, 2.24) is 29.1 Å². The Morgan fingerprint density at radius 2 is 1.05 bits per heavy atom. The Balaban J connectivity index is 0.000000167. The minimum absolute atomic E-state index is 0. The van der Waals surface area contributed by atoms with E-state index in [0.717, 1.165) is 50.7 Å². The number of benzene rings is 5. The largest absolute Gasteiger partial charge is 0.490 e. The van der Waals surface area contributed by atoms with E-state index in [1.165, 1.54) is 51.9 Å². The smallest absolute Gasteiger partial charge is 0.169 e. The van der Waals surface area contributed by atoms with Crippen LogP contribution in [0.5, 0.6) is 0 Å². The summed E-state index contributed by atoms with van der Waals surface area (Å²) in [6.45, 7) is 13.2. The van der Waals surface area contributed by atoms with Crippen molar-refractivity contribution >= 4 is 22.2 Å². The average Bonchev–Trinajstić information content (AvgIpc) is 4.01. The van der Waals surface area contributed by atoms with Gasteiger partial charge in [0.1, 0.15) is 0 Å². The monoisotopic (exact) mass is 901 g/mol. The van der Waals surface area contributed by atoms with Crippen molar-refractivity contribution in [2.24, 2.45) is 0 Å². The van der Waals surface area contributed by atoms with Crippen LogP contribution in [0.1, 0.15) is 61.8 Å². The zero-order valence-electron chi connectivity index (χ0n) is 31.5. The van der Waals surface area contributed by atoms with E-state index >= 15 is 0 Å². The number of nitrogens with zero attached hydrogens (tertiary/aromatic N) is 6. The quantitative estimate of drug-likeness (QED) is 0.148. The van der Waals surface area contributed by atoms with E-state index in [-0.39, 0.29) is 20.1 Å². The van der Waals surface area contributed by atoms with Crippen LogP contribution in [0.3, 0.4) is 0 Å². The number of imidazole rings is 2. The maximum absolute atomic E-state index is 5.34. The summed E-state index contributed by atoms with van der Waals surface area (Å²) < 4.78 is 15.0. The van der Waals surface area contributed by atoms with Crippen LogP contribution in [0, 0.1) is 26.0 Å². The number of oxazole rings is 2. The third kappa shape index (κ3) is 7.33. The molecule has 0 N–H and O–H groups in total. The summed E-state index contributed by atoms with van der Waals surface area (Å²) in [5.41, 5.74) is 14.7. The summed E-state index contributed by atoms with van der Waals surface area (Å²) in [7, 11) is 0. The summed E-state index contributed by atoms with van der Waals surface area (Å²) in [5.74, 6) is 2.54. The van der Waals surface area contributed by atoms with Crippen molar-refractivity contribution in [2.45, 2.75) is 53.4 Å². The van der Waals surface area contributed by atoms with Gasteiger partial charge in [-0.1, -0.05) is 76.2 Å². The maximum Gasteiger partial charge on any atom is 0.169 e. The van der Waals surface area contributed by atoms with Gasteiger partial charge in [0.15, 0.2) is 12.8 Å². The Morgan fingerprint density at radius 1 is 0.564 bits per heavy atom. The molecular formula is C46H40IrN6O2-2. The van der Waals surface area contributed by atoms with Crippen molar-refractivity contribution in [3.8, 4) is 45.3 Å². The van der Waals surface area contributed by atoms with Crippen LogP contribution in [0.2, 0.25) is 0 Å². The molecule has 277 valence electrons. The first-order valence-electron chi connectivity index (χ1n) is 18.1. The van der Waals surface area contributed by atoms with Gasteiger partial charge in [0.05, 0.1) is 22.8 Å². The van der Waals surface area contributed by atoms with Gasteiger partial charge in [-0.25, -0.2) is 9.97 Å². The molecule has 0 atom stereocenters. The average molecular weight is 901 g/mol. The van der Waals surface area contributed by atoms with Crippen LogP contribution >= 0.6 is 0 Å². The second-order valence-electron chi connectivity index (χ2n) is 14.1. The van der Waals surface area contributed by atoms with Gasteiger partial charge < -0.3 is 18.0 Å². The third-order valence-electron chi connectivity index (χ3n) is 9.71. The first-order valence-corrected chi connectivity index (χ1v) is 18.1. The van der Waals surface area contributed by atoms with E-state index in [0.29, 0.717) is 11.8 Å². The number of fused-ring (bicyclic) bond motifs is 2. The Hall–Kier alpha value is -5.89. The minimum Gasteiger partial charge on any atom is -0.490 e. The fourth-order valence-corrected chi connectivity index (χ4v) is 7.15. The van der Waals surface area contributed by atoms with Gasteiger partial charge in [-0.05, 0) is 71.2 Å². The Kier molecular flexibility index (Phi) is 10.8. The maximum atomic E-state index is 5.34. The molecule has 55 heavy (non-hydrogen) atoms. The molecule has 5 aromatic carbocycles. The van der Waals surface area contributed by atoms with Crippen molar-refractivity contribution in [1.29, 1.82) is 0 Å². The molecule has 9 aromatic rings. The van der Waals surface area contributed by atoms with Crippen molar-refractivity contribution < 1.29 is 28.9 Å². The van der Waals surface area contributed by atoms with Crippen molar-refractivity contribution in [2.75, 3.05) is 0 Å². The molecule has 0 unspecified atom stereocenters. The van der Waals surface area contributed by atoms with E-state index in [1.807, 2.05) is 55.1 Å². The van der Waals surface area contributed by atoms with Crippen LogP contribution in [0.4, 0.5) is 0 Å². The van der Waals surface area contributed by atoms with Gasteiger partial charge in [0.2, 0.25) is 0 Å². The van der Waals surface area contributed by atoms with E-state index in [2.05, 4.69) is 137 Å². The van der Waals surface area contributed by atoms with Gasteiger partial charge in [-0.2, -0.15) is 0 Å². The molecule has 0 aliphatic rings. The Morgan fingerprint density at radius 3 is 1.55 bits per heavy atom. The number of para-hydroxylation sites is 1. The summed E-state index contributed by atoms with van der Waals surface area (Å²) in [5, 5.41) is 0. The van der Waals surface area contributed by atoms with Crippen LogP contribution in [0.15, 0.2) is 131 Å². The van der Waals surface area contributed by atoms with Crippen LogP contribution in [-0.4, -0.2) is 29.1 Å². The normalized spacial score (nSPS) is 11.3. The topological polar surface area (TPSA) is 87.7 Å². The first-order chi connectivity index (χ1) is 26.3. The molecule has 0 fully saturated rings. The molecule has 0 spiro atoms. The van der Waals surface area contributed by atoms with Crippen molar-refractivity contribution in [3.05, 3.63) is 157 Å². The molecule has 4 heterocycles. The molecule has 9 rings (SSSR count). The number of hydrogen-bond acceptors (Lipinski definition) is 6. The van der Waals surface area contributed by atoms with E-state index in [4.69, 9.17) is 8.83 Å². The molecule has 0 aliphatic carbocycles. The molecular weight excluding hydrogens is 861 g/mol.